The largest absolute Gasteiger partial charge is 0.323 e. The van der Waals surface area contributed by atoms with E-state index in [1.807, 2.05) is 62.4 Å². The highest BCUT2D eigenvalue weighted by molar-refractivity contribution is 6.03. The lowest BCUT2D eigenvalue weighted by Gasteiger charge is -2.10. The number of hydrazone groups is 2. The maximum absolute atomic E-state index is 12.4. The van der Waals surface area contributed by atoms with E-state index in [9.17, 15) is 4.79 Å². The number of nitrogens with zero attached hydrogens (tertiary/aromatic N) is 5. The third-order valence-corrected chi connectivity index (χ3v) is 4.99. The number of aliphatic imine (C=N–C) groups is 3. The van der Waals surface area contributed by atoms with Crippen molar-refractivity contribution in [1.29, 1.82) is 0 Å². The van der Waals surface area contributed by atoms with Gasteiger partial charge < -0.3 is 10.6 Å². The molecule has 0 aromatic heterocycles. The Bertz CT molecular complexity index is 1160. The number of carbonyl (C=O) groups excluding carboxylic acids is 1. The highest BCUT2D eigenvalue weighted by atomic mass is 16.2. The SMILES string of the molecule is C/C(=N\NC1=NCC=N1)c1ccc(NC(=O)Nc2ccc(/C(C)=N/N[C@H]3N=CCN3)cc2)cc1. The number of hydrogen-bond donors (Lipinski definition) is 5. The molecule has 11 nitrogen and oxygen atoms in total. The molecule has 34 heavy (non-hydrogen) atoms. The zero-order chi connectivity index (χ0) is 23.8. The van der Waals surface area contributed by atoms with E-state index in [4.69, 9.17) is 0 Å². The Morgan fingerprint density at radius 3 is 2.06 bits per heavy atom. The maximum atomic E-state index is 12.4. The van der Waals surface area contributed by atoms with Crippen LogP contribution in [0.2, 0.25) is 0 Å². The number of carbonyl (C=O) groups is 1. The minimum Gasteiger partial charge on any atom is -0.308 e. The van der Waals surface area contributed by atoms with E-state index in [0.29, 0.717) is 23.9 Å². The van der Waals surface area contributed by atoms with Gasteiger partial charge in [-0.25, -0.2) is 20.2 Å². The fraction of sp³-hybridized carbons (Fsp3) is 0.217. The van der Waals surface area contributed by atoms with E-state index in [1.54, 1.807) is 12.4 Å². The number of nitrogens with one attached hydrogen (secondary N) is 5. The first kappa shape index (κ1) is 22.8. The molecule has 2 amide bonds. The van der Waals surface area contributed by atoms with Crippen LogP contribution in [-0.4, -0.2) is 55.2 Å². The molecule has 0 unspecified atom stereocenters. The second kappa shape index (κ2) is 11.0. The van der Waals surface area contributed by atoms with Gasteiger partial charge in [-0.15, -0.1) is 0 Å². The Morgan fingerprint density at radius 2 is 1.53 bits per heavy atom. The zero-order valence-electron chi connectivity index (χ0n) is 18.9. The predicted molar refractivity (Wildman–Crippen MR) is 137 cm³/mol. The van der Waals surface area contributed by atoms with Crippen molar-refractivity contribution in [1.82, 2.24) is 16.2 Å². The number of urea groups is 1. The van der Waals surface area contributed by atoms with Gasteiger partial charge in [-0.1, -0.05) is 24.3 Å². The average Bonchev–Trinajstić information content (AvgIpc) is 3.56. The van der Waals surface area contributed by atoms with Gasteiger partial charge in [0.15, 0.2) is 6.29 Å². The quantitative estimate of drug-likeness (QED) is 0.321. The van der Waals surface area contributed by atoms with Crippen molar-refractivity contribution in [3.8, 4) is 0 Å². The van der Waals surface area contributed by atoms with Gasteiger partial charge in [-0.3, -0.25) is 15.7 Å². The van der Waals surface area contributed by atoms with Crippen molar-refractivity contribution in [2.45, 2.75) is 20.1 Å². The molecule has 0 saturated carbocycles. The first-order valence-corrected chi connectivity index (χ1v) is 10.8. The van der Waals surface area contributed by atoms with E-state index in [-0.39, 0.29) is 12.3 Å². The lowest BCUT2D eigenvalue weighted by molar-refractivity contribution is 0.262. The molecule has 0 saturated heterocycles. The molecule has 1 atom stereocenters. The highest BCUT2D eigenvalue weighted by Crippen LogP contribution is 2.13. The molecule has 0 bridgehead atoms. The molecular formula is C23H26N10O. The molecule has 0 radical (unpaired) electrons. The third kappa shape index (κ3) is 6.33. The lowest BCUT2D eigenvalue weighted by Crippen LogP contribution is -2.34. The van der Waals surface area contributed by atoms with Crippen LogP contribution in [0.15, 0.2) is 73.7 Å². The van der Waals surface area contributed by atoms with Gasteiger partial charge in [0.1, 0.15) is 0 Å². The first-order chi connectivity index (χ1) is 16.6. The van der Waals surface area contributed by atoms with Crippen molar-refractivity contribution < 1.29 is 4.79 Å². The fourth-order valence-electron chi connectivity index (χ4n) is 3.12. The molecule has 2 aliphatic rings. The van der Waals surface area contributed by atoms with Crippen molar-refractivity contribution in [3.05, 3.63) is 59.7 Å². The normalized spacial score (nSPS) is 17.5. The molecule has 2 aliphatic heterocycles. The van der Waals surface area contributed by atoms with E-state index in [2.05, 4.69) is 52.0 Å². The Hall–Kier alpha value is -4.38. The molecular weight excluding hydrogens is 432 g/mol. The summed E-state index contributed by atoms with van der Waals surface area (Å²) in [6.45, 7) is 5.09. The first-order valence-electron chi connectivity index (χ1n) is 10.8. The summed E-state index contributed by atoms with van der Waals surface area (Å²) in [7, 11) is 0. The summed E-state index contributed by atoms with van der Waals surface area (Å²) in [6, 6.07) is 14.5. The maximum Gasteiger partial charge on any atom is 0.323 e. The smallest absolute Gasteiger partial charge is 0.308 e. The summed E-state index contributed by atoms with van der Waals surface area (Å²) in [4.78, 5) is 24.8. The van der Waals surface area contributed by atoms with Crippen LogP contribution in [0.4, 0.5) is 16.2 Å². The third-order valence-electron chi connectivity index (χ3n) is 4.99. The van der Waals surface area contributed by atoms with Crippen LogP contribution in [0.1, 0.15) is 25.0 Å². The summed E-state index contributed by atoms with van der Waals surface area (Å²) in [6.07, 6.45) is 3.33. The monoisotopic (exact) mass is 458 g/mol. The second-order valence-corrected chi connectivity index (χ2v) is 7.49. The van der Waals surface area contributed by atoms with Gasteiger partial charge >= 0.3 is 6.03 Å². The van der Waals surface area contributed by atoms with Crippen molar-refractivity contribution >= 4 is 47.2 Å². The molecule has 0 aliphatic carbocycles. The summed E-state index contributed by atoms with van der Waals surface area (Å²) >= 11 is 0. The molecule has 2 aromatic carbocycles. The minimum absolute atomic E-state index is 0.192. The highest BCUT2D eigenvalue weighted by Gasteiger charge is 2.08. The zero-order valence-corrected chi connectivity index (χ0v) is 18.9. The molecule has 2 aromatic rings. The summed E-state index contributed by atoms with van der Waals surface area (Å²) in [5.41, 5.74) is 10.6. The van der Waals surface area contributed by atoms with Crippen LogP contribution in [0.5, 0.6) is 0 Å². The molecule has 174 valence electrons. The van der Waals surface area contributed by atoms with Gasteiger partial charge in [0.05, 0.1) is 18.0 Å². The standard InChI is InChI=1S/C23H26N10O/c1-15(30-32-21-24-11-12-25-21)17-3-7-19(8-4-17)28-23(34)29-20-9-5-18(6-10-20)16(2)31-33-22-26-13-14-27-22/h3-11,13,21,25,32H,12,14H2,1-2H3,(H,27,33)(H2,28,29,34)/b30-15+,31-16+/t21-/m0/s1. The van der Waals surface area contributed by atoms with E-state index in [1.165, 1.54) is 0 Å². The molecule has 0 spiro atoms. The summed E-state index contributed by atoms with van der Waals surface area (Å²) in [5, 5.41) is 17.4. The predicted octanol–water partition coefficient (Wildman–Crippen LogP) is 2.36. The van der Waals surface area contributed by atoms with Gasteiger partial charge in [0, 0.05) is 30.3 Å². The average molecular weight is 459 g/mol. The van der Waals surface area contributed by atoms with E-state index < -0.39 is 0 Å². The van der Waals surface area contributed by atoms with Gasteiger partial charge in [-0.05, 0) is 49.2 Å². The molecule has 4 rings (SSSR count). The van der Waals surface area contributed by atoms with Crippen molar-refractivity contribution in [2.75, 3.05) is 23.7 Å². The molecule has 2 heterocycles. The Kier molecular flexibility index (Phi) is 7.35. The van der Waals surface area contributed by atoms with E-state index in [0.717, 1.165) is 29.1 Å². The number of amides is 2. The molecule has 5 N–H and O–H groups in total. The van der Waals surface area contributed by atoms with Gasteiger partial charge in [-0.2, -0.15) is 10.2 Å². The number of hydrogen-bond acceptors (Lipinski definition) is 9. The topological polar surface area (TPSA) is 139 Å². The number of benzene rings is 2. The van der Waals surface area contributed by atoms with Crippen LogP contribution in [0, 0.1) is 0 Å². The minimum atomic E-state index is -0.332. The van der Waals surface area contributed by atoms with Crippen LogP contribution in [-0.2, 0) is 0 Å². The van der Waals surface area contributed by atoms with E-state index >= 15 is 0 Å². The molecule has 11 heteroatoms. The van der Waals surface area contributed by atoms with Crippen molar-refractivity contribution in [3.63, 3.8) is 0 Å². The second-order valence-electron chi connectivity index (χ2n) is 7.49. The Morgan fingerprint density at radius 1 is 0.912 bits per heavy atom. The number of rotatable bonds is 7. The van der Waals surface area contributed by atoms with Crippen LogP contribution in [0.3, 0.4) is 0 Å². The number of guanidine groups is 1. The fourth-order valence-corrected chi connectivity index (χ4v) is 3.12. The van der Waals surface area contributed by atoms with Crippen LogP contribution >= 0.6 is 0 Å². The van der Waals surface area contributed by atoms with Gasteiger partial charge in [0.2, 0.25) is 5.96 Å². The Labute approximate surface area is 197 Å². The number of anilines is 2. The lowest BCUT2D eigenvalue weighted by atomic mass is 10.1. The Balaban J connectivity index is 1.27. The summed E-state index contributed by atoms with van der Waals surface area (Å²) in [5.74, 6) is 0.498. The van der Waals surface area contributed by atoms with Crippen LogP contribution in [0.25, 0.3) is 0 Å². The van der Waals surface area contributed by atoms with Crippen molar-refractivity contribution in [2.24, 2.45) is 25.2 Å². The summed E-state index contributed by atoms with van der Waals surface area (Å²) < 4.78 is 0. The molecule has 0 fully saturated rings. The van der Waals surface area contributed by atoms with Crippen LogP contribution < -0.4 is 26.8 Å². The van der Waals surface area contributed by atoms with Gasteiger partial charge in [0.25, 0.3) is 0 Å².